The van der Waals surface area contributed by atoms with Gasteiger partial charge in [0.1, 0.15) is 21.9 Å². The van der Waals surface area contributed by atoms with Crippen LogP contribution in [0.3, 0.4) is 0 Å². The smallest absolute Gasteiger partial charge is 0.349 e. The molecule has 0 atom stereocenters. The van der Waals surface area contributed by atoms with Crippen molar-refractivity contribution in [3.8, 4) is 22.9 Å². The Balaban J connectivity index is 1.42. The van der Waals surface area contributed by atoms with Gasteiger partial charge in [0.25, 0.3) is 12.0 Å². The molecule has 12 nitrogen and oxygen atoms in total. The van der Waals surface area contributed by atoms with Crippen molar-refractivity contribution in [2.75, 3.05) is 13.1 Å². The lowest BCUT2D eigenvalue weighted by atomic mass is 10.2. The first-order valence-corrected chi connectivity index (χ1v) is 14.4. The van der Waals surface area contributed by atoms with Crippen LogP contribution in [-0.4, -0.2) is 57.7 Å². The second kappa shape index (κ2) is 10.7. The SMILES string of the molecule is O=C(N1CCCC1)C1(NS(=O)(=O)c2cc(Oc3c(Cl)cc(-n4nc(C(F)F)c(=O)[nH]c4=O)cc3Cl)ccc2O)CC1. The van der Waals surface area contributed by atoms with Crippen molar-refractivity contribution in [2.45, 2.75) is 42.5 Å². The summed E-state index contributed by atoms with van der Waals surface area (Å²) in [5, 5.41) is 13.3. The van der Waals surface area contributed by atoms with E-state index in [4.69, 9.17) is 27.9 Å². The monoisotopic (exact) mass is 631 g/mol. The summed E-state index contributed by atoms with van der Waals surface area (Å²) in [6.07, 6.45) is -0.933. The third-order valence-corrected chi connectivity index (χ3v) is 8.74. The third kappa shape index (κ3) is 5.66. The van der Waals surface area contributed by atoms with Crippen molar-refractivity contribution in [2.24, 2.45) is 0 Å². The fourth-order valence-corrected chi connectivity index (χ4v) is 6.49. The second-order valence-corrected chi connectivity index (χ2v) is 12.0. The highest BCUT2D eigenvalue weighted by Crippen LogP contribution is 2.42. The van der Waals surface area contributed by atoms with Crippen LogP contribution in [-0.2, 0) is 14.8 Å². The molecule has 218 valence electrons. The summed E-state index contributed by atoms with van der Waals surface area (Å²) in [5.74, 6) is -1.22. The lowest BCUT2D eigenvalue weighted by molar-refractivity contribution is -0.132. The number of ether oxygens (including phenoxy) is 1. The van der Waals surface area contributed by atoms with Crippen LogP contribution in [0.2, 0.25) is 10.0 Å². The van der Waals surface area contributed by atoms with Crippen molar-refractivity contribution < 1.29 is 31.8 Å². The number of aromatic hydroxyl groups is 1. The molecule has 2 aliphatic rings. The molecule has 41 heavy (non-hydrogen) atoms. The minimum Gasteiger partial charge on any atom is -0.507 e. The predicted octanol–water partition coefficient (Wildman–Crippen LogP) is 3.10. The summed E-state index contributed by atoms with van der Waals surface area (Å²) >= 11 is 12.6. The van der Waals surface area contributed by atoms with E-state index in [2.05, 4.69) is 9.82 Å². The number of hydrogen-bond acceptors (Lipinski definition) is 8. The molecule has 1 aliphatic carbocycles. The van der Waals surface area contributed by atoms with Gasteiger partial charge in [-0.2, -0.15) is 14.5 Å². The summed E-state index contributed by atoms with van der Waals surface area (Å²) in [6.45, 7) is 1.11. The lowest BCUT2D eigenvalue weighted by Crippen LogP contribution is -2.49. The average molecular weight is 632 g/mol. The number of hydrogen-bond donors (Lipinski definition) is 3. The third-order valence-electron chi connectivity index (χ3n) is 6.61. The zero-order valence-electron chi connectivity index (χ0n) is 20.9. The van der Waals surface area contributed by atoms with E-state index in [1.165, 1.54) is 6.07 Å². The molecule has 0 bridgehead atoms. The number of nitrogens with one attached hydrogen (secondary N) is 2. The minimum atomic E-state index is -4.39. The molecule has 0 unspecified atom stereocenters. The van der Waals surface area contributed by atoms with Crippen LogP contribution in [0, 0.1) is 0 Å². The highest BCUT2D eigenvalue weighted by molar-refractivity contribution is 7.89. The maximum absolute atomic E-state index is 13.2. The van der Waals surface area contributed by atoms with Crippen LogP contribution < -0.4 is 20.7 Å². The van der Waals surface area contributed by atoms with Gasteiger partial charge >= 0.3 is 5.69 Å². The van der Waals surface area contributed by atoms with Crippen LogP contribution in [0.4, 0.5) is 8.78 Å². The Bertz CT molecular complexity index is 1750. The maximum atomic E-state index is 13.2. The number of sulfonamides is 1. The largest absolute Gasteiger partial charge is 0.507 e. The second-order valence-electron chi connectivity index (χ2n) is 9.51. The van der Waals surface area contributed by atoms with E-state index in [1.807, 2.05) is 0 Å². The Morgan fingerprint density at radius 2 is 1.76 bits per heavy atom. The summed E-state index contributed by atoms with van der Waals surface area (Å²) < 4.78 is 61.3. The van der Waals surface area contributed by atoms with Crippen molar-refractivity contribution >= 4 is 39.1 Å². The number of amides is 1. The normalized spacial score (nSPS) is 16.3. The molecule has 1 saturated heterocycles. The maximum Gasteiger partial charge on any atom is 0.349 e. The number of phenolic OH excluding ortho intramolecular Hbond substituents is 1. The van der Waals surface area contributed by atoms with Gasteiger partial charge in [-0.05, 0) is 49.9 Å². The average Bonchev–Trinajstić information content (AvgIpc) is 3.45. The zero-order valence-corrected chi connectivity index (χ0v) is 23.2. The number of aromatic nitrogens is 3. The number of carbonyl (C=O) groups is 1. The van der Waals surface area contributed by atoms with Gasteiger partial charge in [-0.1, -0.05) is 23.2 Å². The number of rotatable bonds is 8. The van der Waals surface area contributed by atoms with Gasteiger partial charge in [-0.25, -0.2) is 22.0 Å². The molecular weight excluding hydrogens is 611 g/mol. The van der Waals surface area contributed by atoms with Crippen LogP contribution >= 0.6 is 23.2 Å². The van der Waals surface area contributed by atoms with Gasteiger partial charge in [-0.15, -0.1) is 0 Å². The molecule has 2 aromatic carbocycles. The van der Waals surface area contributed by atoms with Crippen LogP contribution in [0.15, 0.2) is 44.8 Å². The molecule has 2 heterocycles. The van der Waals surface area contributed by atoms with E-state index < -0.39 is 49.6 Å². The van der Waals surface area contributed by atoms with Crippen molar-refractivity contribution in [1.82, 2.24) is 24.4 Å². The van der Waals surface area contributed by atoms with Gasteiger partial charge in [0, 0.05) is 19.2 Å². The molecule has 1 aromatic heterocycles. The number of likely N-dealkylation sites (tertiary alicyclic amines) is 1. The minimum absolute atomic E-state index is 0.116. The van der Waals surface area contributed by atoms with Gasteiger partial charge in [0.05, 0.1) is 15.7 Å². The van der Waals surface area contributed by atoms with Crippen molar-refractivity contribution in [3.63, 3.8) is 0 Å². The number of aromatic amines is 1. The number of H-pyrrole nitrogens is 1. The van der Waals surface area contributed by atoms with E-state index in [0.29, 0.717) is 30.6 Å². The van der Waals surface area contributed by atoms with E-state index in [0.717, 1.165) is 37.1 Å². The van der Waals surface area contributed by atoms with Gasteiger partial charge < -0.3 is 14.7 Å². The molecule has 1 saturated carbocycles. The van der Waals surface area contributed by atoms with Crippen LogP contribution in [0.1, 0.15) is 37.8 Å². The summed E-state index contributed by atoms with van der Waals surface area (Å²) in [6, 6.07) is 5.52. The van der Waals surface area contributed by atoms with Crippen LogP contribution in [0.5, 0.6) is 17.2 Å². The molecule has 0 spiro atoms. The Labute approximate surface area is 240 Å². The van der Waals surface area contributed by atoms with E-state index in [1.54, 1.807) is 9.88 Å². The fraction of sp³-hybridized carbons (Fsp3) is 0.333. The summed E-state index contributed by atoms with van der Waals surface area (Å²) in [5.41, 5.74) is -5.12. The molecular formula is C24H21Cl2F2N5O7S. The van der Waals surface area contributed by atoms with Gasteiger partial charge in [0.2, 0.25) is 15.9 Å². The fourth-order valence-electron chi connectivity index (χ4n) is 4.41. The first-order chi connectivity index (χ1) is 19.3. The molecule has 1 amide bonds. The first kappa shape index (κ1) is 29.0. The molecule has 0 radical (unpaired) electrons. The molecule has 1 aliphatic heterocycles. The molecule has 2 fully saturated rings. The van der Waals surface area contributed by atoms with Gasteiger partial charge in [-0.3, -0.25) is 14.6 Å². The quantitative estimate of drug-likeness (QED) is 0.341. The number of carbonyl (C=O) groups excluding carboxylic acids is 1. The van der Waals surface area contributed by atoms with Gasteiger partial charge in [0.15, 0.2) is 11.4 Å². The molecule has 5 rings (SSSR count). The highest BCUT2D eigenvalue weighted by atomic mass is 35.5. The predicted molar refractivity (Wildman–Crippen MR) is 142 cm³/mol. The molecule has 17 heteroatoms. The number of halogens is 4. The van der Waals surface area contributed by atoms with E-state index in [-0.39, 0.29) is 33.1 Å². The first-order valence-electron chi connectivity index (χ1n) is 12.2. The number of alkyl halides is 2. The van der Waals surface area contributed by atoms with E-state index >= 15 is 0 Å². The Hall–Kier alpha value is -3.53. The van der Waals surface area contributed by atoms with E-state index in [9.17, 15) is 36.7 Å². The number of benzene rings is 2. The Morgan fingerprint density at radius 3 is 2.34 bits per heavy atom. The molecule has 3 N–H and O–H groups in total. The zero-order chi connectivity index (χ0) is 29.7. The van der Waals surface area contributed by atoms with Crippen LogP contribution in [0.25, 0.3) is 5.69 Å². The standard InChI is InChI=1S/C24H21Cl2F2N5O7S/c25-14-9-12(33-23(37)29-21(35)18(30-33)20(27)28)10-15(26)19(14)40-13-3-4-16(34)17(11-13)41(38,39)31-24(5-6-24)22(36)32-7-1-2-8-32/h3-4,9-11,20,31,34H,1-2,5-8H2,(H,29,35,37). The highest BCUT2D eigenvalue weighted by Gasteiger charge is 2.55. The molecule has 3 aromatic rings. The Morgan fingerprint density at radius 1 is 1.12 bits per heavy atom. The topological polar surface area (TPSA) is 164 Å². The Kier molecular flexibility index (Phi) is 7.57. The van der Waals surface area contributed by atoms with Crippen molar-refractivity contribution in [3.05, 3.63) is 66.9 Å². The van der Waals surface area contributed by atoms with Crippen molar-refractivity contribution in [1.29, 1.82) is 0 Å². The number of phenols is 1. The summed E-state index contributed by atoms with van der Waals surface area (Å²) in [4.78, 5) is 39.5. The summed E-state index contributed by atoms with van der Waals surface area (Å²) in [7, 11) is -4.39. The number of nitrogens with zero attached hydrogens (tertiary/aromatic N) is 3. The lowest BCUT2D eigenvalue weighted by Gasteiger charge is -2.23.